The van der Waals surface area contributed by atoms with Crippen molar-refractivity contribution in [2.45, 2.75) is 115 Å². The number of hydrogen-bond acceptors (Lipinski definition) is 3. The molecule has 0 aromatic carbocycles. The van der Waals surface area contributed by atoms with E-state index in [2.05, 4.69) is 27.7 Å². The third-order valence-electron chi connectivity index (χ3n) is 5.81. The summed E-state index contributed by atoms with van der Waals surface area (Å²) in [5.74, 6) is 0.862. The van der Waals surface area contributed by atoms with Gasteiger partial charge < -0.3 is 8.85 Å². The monoisotopic (exact) mass is 395 g/mol. The third kappa shape index (κ3) is 7.47. The van der Waals surface area contributed by atoms with Crippen LogP contribution in [0.1, 0.15) is 92.4 Å². The van der Waals surface area contributed by atoms with Crippen LogP contribution in [0.2, 0.25) is 17.1 Å². The number of carbonyl (C=O) groups is 1. The van der Waals surface area contributed by atoms with Crippen LogP contribution in [0.3, 0.4) is 0 Å². The van der Waals surface area contributed by atoms with E-state index in [-0.39, 0.29) is 17.5 Å². The minimum atomic E-state index is -1.05. The predicted molar refractivity (Wildman–Crippen MR) is 111 cm³/mol. The first-order valence-electron chi connectivity index (χ1n) is 10.8. The highest BCUT2D eigenvalue weighted by Gasteiger charge is 2.39. The fraction of sp³-hybridized carbons (Fsp3) is 0.952. The molecule has 0 N–H and O–H groups in total. The third-order valence-corrected chi connectivity index (χ3v) is 10.6. The van der Waals surface area contributed by atoms with Gasteiger partial charge in [0.25, 0.3) is 15.0 Å². The molecule has 26 heavy (non-hydrogen) atoms. The molecule has 2 rings (SSSR count). The van der Waals surface area contributed by atoms with Gasteiger partial charge in [0.2, 0.25) is 9.76 Å². The molecule has 0 spiro atoms. The first kappa shape index (κ1) is 22.2. The molecule has 0 aromatic heterocycles. The largest absolute Gasteiger partial charge is 0.517 e. The highest BCUT2D eigenvalue weighted by molar-refractivity contribution is 6.57. The zero-order valence-electron chi connectivity index (χ0n) is 17.6. The Morgan fingerprint density at radius 1 is 1.04 bits per heavy atom. The van der Waals surface area contributed by atoms with Crippen molar-refractivity contribution in [3.63, 3.8) is 0 Å². The average molecular weight is 396 g/mol. The summed E-state index contributed by atoms with van der Waals surface area (Å²) in [6, 6.07) is 0.789. The van der Waals surface area contributed by atoms with Gasteiger partial charge in [0.05, 0.1) is 5.92 Å². The average Bonchev–Trinajstić information content (AvgIpc) is 2.60. The Kier molecular flexibility index (Phi) is 8.88. The minimum Gasteiger partial charge on any atom is -0.517 e. The summed E-state index contributed by atoms with van der Waals surface area (Å²) >= 11 is 0. The molecule has 0 heterocycles. The Balaban J connectivity index is 1.90. The van der Waals surface area contributed by atoms with Crippen LogP contribution < -0.4 is 0 Å². The molecule has 3 nitrogen and oxygen atoms in total. The van der Waals surface area contributed by atoms with Crippen molar-refractivity contribution in [3.05, 3.63) is 0 Å². The Labute approximate surface area is 165 Å². The molecule has 5 heteroatoms. The lowest BCUT2D eigenvalue weighted by Crippen LogP contribution is -2.37. The maximum Gasteiger partial charge on any atom is 0.295 e. The van der Waals surface area contributed by atoms with Crippen LogP contribution in [-0.4, -0.2) is 30.4 Å². The summed E-state index contributed by atoms with van der Waals surface area (Å²) in [4.78, 5) is 12.8. The van der Waals surface area contributed by atoms with Crippen molar-refractivity contribution in [1.29, 1.82) is 0 Å². The lowest BCUT2D eigenvalue weighted by atomic mass is 9.90. The Hall–Kier alpha value is -0.136. The minimum absolute atomic E-state index is 0.0400. The smallest absolute Gasteiger partial charge is 0.295 e. The Morgan fingerprint density at radius 2 is 1.62 bits per heavy atom. The molecule has 0 aliphatic heterocycles. The summed E-state index contributed by atoms with van der Waals surface area (Å²) in [6.45, 7) is 10.6. The highest BCUT2D eigenvalue weighted by atomic mass is 28.3. The van der Waals surface area contributed by atoms with E-state index < -0.39 is 9.04 Å². The quantitative estimate of drug-likeness (QED) is 0.502. The van der Waals surface area contributed by atoms with E-state index in [1.165, 1.54) is 57.8 Å². The van der Waals surface area contributed by atoms with Crippen molar-refractivity contribution in [3.8, 4) is 0 Å². The molecule has 149 valence electrons. The van der Waals surface area contributed by atoms with Crippen molar-refractivity contribution in [1.82, 2.24) is 0 Å². The van der Waals surface area contributed by atoms with Gasteiger partial charge in [-0.15, -0.1) is 0 Å². The summed E-state index contributed by atoms with van der Waals surface area (Å²) in [6.07, 6.45) is 11.8. The van der Waals surface area contributed by atoms with Gasteiger partial charge in [-0.1, -0.05) is 46.0 Å². The lowest BCUT2D eigenvalue weighted by Gasteiger charge is -2.36. The van der Waals surface area contributed by atoms with Gasteiger partial charge in [-0.05, 0) is 69.5 Å². The van der Waals surface area contributed by atoms with E-state index in [0.29, 0.717) is 20.8 Å². The number of hydrogen-bond donors (Lipinski definition) is 0. The SMILES string of the molecule is CC1CCC([Si](OC(=O)C(C)C[Si]OC(C)(C)C)C2CCCCC2)CC1. The van der Waals surface area contributed by atoms with Crippen LogP contribution in [0.5, 0.6) is 0 Å². The molecule has 0 amide bonds. The standard InChI is InChI=1S/C21H39O3Si2/c1-16-11-13-19(14-12-16)26(18-9-7-6-8-10-18)23-20(22)17(2)15-25-24-21(3,4)5/h16-19H,6-15H2,1-5H3. The molecule has 1 unspecified atom stereocenters. The fourth-order valence-corrected chi connectivity index (χ4v) is 8.36. The van der Waals surface area contributed by atoms with Gasteiger partial charge in [0, 0.05) is 5.60 Å². The van der Waals surface area contributed by atoms with Gasteiger partial charge in [-0.25, -0.2) is 0 Å². The number of rotatable bonds is 7. The fourth-order valence-electron chi connectivity index (χ4n) is 4.11. The van der Waals surface area contributed by atoms with Crippen LogP contribution in [-0.2, 0) is 13.6 Å². The molecule has 1 atom stereocenters. The van der Waals surface area contributed by atoms with Crippen LogP contribution in [0.25, 0.3) is 0 Å². The molecule has 0 bridgehead atoms. The van der Waals surface area contributed by atoms with Crippen molar-refractivity contribution in [2.75, 3.05) is 0 Å². The second-order valence-corrected chi connectivity index (χ2v) is 13.1. The second kappa shape index (κ2) is 10.4. The molecule has 2 fully saturated rings. The van der Waals surface area contributed by atoms with Crippen LogP contribution >= 0.6 is 0 Å². The molecule has 0 saturated heterocycles. The van der Waals surface area contributed by atoms with E-state index in [1.54, 1.807) is 0 Å². The molecule has 3 radical (unpaired) electrons. The zero-order valence-corrected chi connectivity index (χ0v) is 19.6. The van der Waals surface area contributed by atoms with Gasteiger partial charge in [0.15, 0.2) is 0 Å². The molecule has 0 aromatic rings. The maximum atomic E-state index is 12.8. The highest BCUT2D eigenvalue weighted by Crippen LogP contribution is 2.43. The van der Waals surface area contributed by atoms with Gasteiger partial charge >= 0.3 is 0 Å². The van der Waals surface area contributed by atoms with Crippen LogP contribution in [0.4, 0.5) is 0 Å². The Bertz CT molecular complexity index is 421. The van der Waals surface area contributed by atoms with E-state index in [9.17, 15) is 4.79 Å². The summed E-state index contributed by atoms with van der Waals surface area (Å²) in [5, 5.41) is 0. The second-order valence-electron chi connectivity index (χ2n) is 9.58. The topological polar surface area (TPSA) is 35.5 Å². The lowest BCUT2D eigenvalue weighted by molar-refractivity contribution is -0.138. The maximum absolute atomic E-state index is 12.8. The van der Waals surface area contributed by atoms with E-state index in [0.717, 1.165) is 12.0 Å². The van der Waals surface area contributed by atoms with Crippen LogP contribution in [0.15, 0.2) is 0 Å². The Morgan fingerprint density at radius 3 is 2.19 bits per heavy atom. The normalized spacial score (nSPS) is 26.7. The summed E-state index contributed by atoms with van der Waals surface area (Å²) in [5.41, 5.74) is 1.25. The van der Waals surface area contributed by atoms with Crippen LogP contribution in [0, 0.1) is 11.8 Å². The first-order valence-corrected chi connectivity index (χ1v) is 13.4. The van der Waals surface area contributed by atoms with E-state index in [4.69, 9.17) is 8.85 Å². The summed E-state index contributed by atoms with van der Waals surface area (Å²) in [7, 11) is -0.680. The first-order chi connectivity index (χ1) is 12.3. The molecule has 2 aliphatic rings. The zero-order chi connectivity index (χ0) is 19.2. The molecular weight excluding hydrogens is 356 g/mol. The summed E-state index contributed by atoms with van der Waals surface area (Å²) < 4.78 is 12.1. The molecule has 2 aliphatic carbocycles. The van der Waals surface area contributed by atoms with Crippen molar-refractivity contribution >= 4 is 24.8 Å². The molecular formula is C21H39O3Si2. The van der Waals surface area contributed by atoms with Gasteiger partial charge in [-0.3, -0.25) is 4.79 Å². The van der Waals surface area contributed by atoms with Gasteiger partial charge in [0.1, 0.15) is 0 Å². The van der Waals surface area contributed by atoms with Crippen molar-refractivity contribution in [2.24, 2.45) is 11.8 Å². The predicted octanol–water partition coefficient (Wildman–Crippen LogP) is 5.92. The van der Waals surface area contributed by atoms with E-state index in [1.807, 2.05) is 6.92 Å². The molecule has 2 saturated carbocycles. The van der Waals surface area contributed by atoms with Gasteiger partial charge in [-0.2, -0.15) is 0 Å². The number of carbonyl (C=O) groups excluding carboxylic acids is 1. The van der Waals surface area contributed by atoms with E-state index >= 15 is 0 Å². The van der Waals surface area contributed by atoms with Crippen molar-refractivity contribution < 1.29 is 13.6 Å².